The Morgan fingerprint density at radius 3 is 2.21 bits per heavy atom. The van der Waals surface area contributed by atoms with Crippen molar-refractivity contribution in [1.82, 2.24) is 19.0 Å². The first-order chi connectivity index (χ1) is 20.1. The van der Waals surface area contributed by atoms with Gasteiger partial charge >= 0.3 is 17.6 Å². The molecular weight excluding hydrogens is 546 g/mol. The lowest BCUT2D eigenvalue weighted by Gasteiger charge is -2.36. The summed E-state index contributed by atoms with van der Waals surface area (Å²) in [6, 6.07) is 12.5. The number of carboxylic acids is 2. The molecule has 0 amide bonds. The van der Waals surface area contributed by atoms with Crippen LogP contribution < -0.4 is 20.9 Å². The second-order valence-corrected chi connectivity index (χ2v) is 9.36. The van der Waals surface area contributed by atoms with Gasteiger partial charge in [0, 0.05) is 65.3 Å². The number of rotatable bonds is 9. The molecule has 0 atom stereocenters. The zero-order chi connectivity index (χ0) is 30.6. The number of benzene rings is 1. The molecule has 0 aliphatic carbocycles. The molecule has 1 saturated heterocycles. The Kier molecular flexibility index (Phi) is 11.3. The van der Waals surface area contributed by atoms with E-state index in [9.17, 15) is 14.4 Å². The number of carbonyl (C=O) groups is 3. The highest BCUT2D eigenvalue weighted by Crippen LogP contribution is 2.20. The van der Waals surface area contributed by atoms with E-state index in [4.69, 9.17) is 24.5 Å². The zero-order valence-corrected chi connectivity index (χ0v) is 23.4. The van der Waals surface area contributed by atoms with E-state index in [0.29, 0.717) is 23.7 Å². The number of para-hydroxylation sites is 1. The van der Waals surface area contributed by atoms with E-state index in [-0.39, 0.29) is 17.0 Å². The summed E-state index contributed by atoms with van der Waals surface area (Å²) in [6.45, 7) is 4.50. The normalized spacial score (nSPS) is 13.3. The van der Waals surface area contributed by atoms with Crippen LogP contribution in [0.3, 0.4) is 0 Å². The van der Waals surface area contributed by atoms with Crippen LogP contribution in [0.2, 0.25) is 0 Å². The molecule has 3 heterocycles. The molecule has 42 heavy (non-hydrogen) atoms. The number of ether oxygens (including phenoxy) is 1. The molecule has 2 aromatic heterocycles. The highest BCUT2D eigenvalue weighted by atomic mass is 16.5. The van der Waals surface area contributed by atoms with Crippen molar-refractivity contribution in [3.63, 3.8) is 0 Å². The standard InChI is InChI=1S/C27H31N5O4.C2H2O4/c1-29-25(20-26(34)30(2)27(29)35)32-17-15-31(16-18-32)14-5-19-36-24-7-4-3-6-22(24)23(33)9-8-21-10-12-28-13-11-21;3-1(4)2(5)6/h3-4,6-13,20H,5,14-19H2,1-2H3;(H,3,4)(H,5,6). The van der Waals surface area contributed by atoms with Crippen molar-refractivity contribution in [2.45, 2.75) is 6.42 Å². The minimum atomic E-state index is -1.82. The van der Waals surface area contributed by atoms with Gasteiger partial charge in [-0.25, -0.2) is 14.4 Å². The number of anilines is 1. The quantitative estimate of drug-likeness (QED) is 0.162. The van der Waals surface area contributed by atoms with Crippen LogP contribution in [0.4, 0.5) is 5.82 Å². The van der Waals surface area contributed by atoms with Gasteiger partial charge in [0.1, 0.15) is 11.6 Å². The van der Waals surface area contributed by atoms with Crippen molar-refractivity contribution in [3.05, 3.63) is 92.9 Å². The number of ketones is 1. The molecule has 1 aromatic carbocycles. The fourth-order valence-corrected chi connectivity index (χ4v) is 4.23. The smallest absolute Gasteiger partial charge is 0.414 e. The van der Waals surface area contributed by atoms with Gasteiger partial charge in [-0.3, -0.25) is 28.6 Å². The van der Waals surface area contributed by atoms with Gasteiger partial charge in [-0.15, -0.1) is 0 Å². The number of allylic oxidation sites excluding steroid dienone is 1. The Hall–Kier alpha value is -5.04. The molecule has 3 aromatic rings. The summed E-state index contributed by atoms with van der Waals surface area (Å²) in [5.41, 5.74) is 0.841. The first kappa shape index (κ1) is 31.5. The first-order valence-electron chi connectivity index (χ1n) is 13.1. The van der Waals surface area contributed by atoms with Crippen molar-refractivity contribution in [1.29, 1.82) is 0 Å². The summed E-state index contributed by atoms with van der Waals surface area (Å²) in [6.07, 6.45) is 7.52. The molecule has 0 radical (unpaired) electrons. The lowest BCUT2D eigenvalue weighted by molar-refractivity contribution is -0.159. The monoisotopic (exact) mass is 579 g/mol. The van der Waals surface area contributed by atoms with Crippen LogP contribution in [0.25, 0.3) is 6.08 Å². The Bertz CT molecular complexity index is 1530. The Balaban J connectivity index is 0.000000730. The molecule has 1 aliphatic heterocycles. The number of aromatic nitrogens is 3. The topological polar surface area (TPSA) is 164 Å². The molecule has 0 bridgehead atoms. The third kappa shape index (κ3) is 8.73. The third-order valence-electron chi connectivity index (χ3n) is 6.54. The second-order valence-electron chi connectivity index (χ2n) is 9.36. The number of aliphatic carboxylic acids is 2. The fourth-order valence-electron chi connectivity index (χ4n) is 4.23. The minimum Gasteiger partial charge on any atom is -0.493 e. The molecule has 0 unspecified atom stereocenters. The van der Waals surface area contributed by atoms with Gasteiger partial charge in [-0.05, 0) is 42.3 Å². The lowest BCUT2D eigenvalue weighted by atomic mass is 10.1. The Morgan fingerprint density at radius 1 is 0.929 bits per heavy atom. The van der Waals surface area contributed by atoms with Gasteiger partial charge in [0.05, 0.1) is 12.2 Å². The van der Waals surface area contributed by atoms with Crippen LogP contribution in [0.5, 0.6) is 5.75 Å². The summed E-state index contributed by atoms with van der Waals surface area (Å²) in [7, 11) is 3.18. The highest BCUT2D eigenvalue weighted by Gasteiger charge is 2.20. The van der Waals surface area contributed by atoms with Crippen molar-refractivity contribution in [3.8, 4) is 5.75 Å². The predicted molar refractivity (Wildman–Crippen MR) is 155 cm³/mol. The van der Waals surface area contributed by atoms with Crippen molar-refractivity contribution in [2.75, 3.05) is 44.2 Å². The molecule has 0 saturated carbocycles. The van der Waals surface area contributed by atoms with E-state index in [1.165, 1.54) is 17.7 Å². The van der Waals surface area contributed by atoms with Gasteiger partial charge in [0.2, 0.25) is 0 Å². The first-order valence-corrected chi connectivity index (χ1v) is 13.1. The van der Waals surface area contributed by atoms with Crippen LogP contribution in [0.1, 0.15) is 22.3 Å². The number of carboxylic acid groups (broad SMARTS) is 2. The van der Waals surface area contributed by atoms with E-state index >= 15 is 0 Å². The van der Waals surface area contributed by atoms with Crippen LogP contribution >= 0.6 is 0 Å². The van der Waals surface area contributed by atoms with Gasteiger partial charge < -0.3 is 19.8 Å². The number of hydrogen-bond acceptors (Lipinski definition) is 9. The van der Waals surface area contributed by atoms with Crippen molar-refractivity contribution >= 4 is 29.6 Å². The molecular formula is C29H33N5O8. The van der Waals surface area contributed by atoms with Gasteiger partial charge in [0.25, 0.3) is 5.56 Å². The van der Waals surface area contributed by atoms with E-state index in [2.05, 4.69) is 14.8 Å². The summed E-state index contributed by atoms with van der Waals surface area (Å²) in [4.78, 5) is 63.6. The third-order valence-corrected chi connectivity index (χ3v) is 6.54. The lowest BCUT2D eigenvalue weighted by Crippen LogP contribution is -2.49. The molecule has 1 fully saturated rings. The highest BCUT2D eigenvalue weighted by molar-refractivity contribution is 6.27. The summed E-state index contributed by atoms with van der Waals surface area (Å²) < 4.78 is 8.61. The average Bonchev–Trinajstić information content (AvgIpc) is 3.00. The molecule has 2 N–H and O–H groups in total. The Labute approximate surface area is 241 Å². The van der Waals surface area contributed by atoms with E-state index in [0.717, 1.165) is 49.3 Å². The minimum absolute atomic E-state index is 0.108. The van der Waals surface area contributed by atoms with E-state index in [1.54, 1.807) is 37.7 Å². The molecule has 1 aliphatic rings. The second kappa shape index (κ2) is 15.1. The number of pyridine rings is 1. The average molecular weight is 580 g/mol. The summed E-state index contributed by atoms with van der Waals surface area (Å²) >= 11 is 0. The fraction of sp³-hybridized carbons (Fsp3) is 0.310. The van der Waals surface area contributed by atoms with Crippen LogP contribution in [-0.4, -0.2) is 86.3 Å². The summed E-state index contributed by atoms with van der Waals surface area (Å²) in [5, 5.41) is 14.8. The number of carbonyl (C=O) groups excluding carboxylic acids is 1. The molecule has 222 valence electrons. The number of piperazine rings is 1. The number of nitrogens with zero attached hydrogens (tertiary/aromatic N) is 5. The van der Waals surface area contributed by atoms with Crippen LogP contribution in [0.15, 0.2) is 70.5 Å². The maximum absolute atomic E-state index is 12.7. The van der Waals surface area contributed by atoms with Gasteiger partial charge in [0.15, 0.2) is 5.78 Å². The SMILES string of the molecule is Cn1c(N2CCN(CCCOc3ccccc3C(=O)C=Cc3ccncc3)CC2)cc(=O)n(C)c1=O.O=C(O)C(=O)O. The number of hydrogen-bond donors (Lipinski definition) is 2. The van der Waals surface area contributed by atoms with Gasteiger partial charge in [-0.1, -0.05) is 18.2 Å². The van der Waals surface area contributed by atoms with Crippen molar-refractivity contribution < 1.29 is 29.3 Å². The van der Waals surface area contributed by atoms with Crippen LogP contribution in [-0.2, 0) is 23.7 Å². The zero-order valence-electron chi connectivity index (χ0n) is 23.4. The van der Waals surface area contributed by atoms with Crippen molar-refractivity contribution in [2.24, 2.45) is 14.1 Å². The van der Waals surface area contributed by atoms with Gasteiger partial charge in [-0.2, -0.15) is 0 Å². The molecule has 4 rings (SSSR count). The Morgan fingerprint density at radius 2 is 1.57 bits per heavy atom. The summed E-state index contributed by atoms with van der Waals surface area (Å²) in [5.74, 6) is -2.52. The molecule has 0 spiro atoms. The largest absolute Gasteiger partial charge is 0.493 e. The predicted octanol–water partition coefficient (Wildman–Crippen LogP) is 1.12. The molecule has 13 heteroatoms. The maximum Gasteiger partial charge on any atom is 0.414 e. The van der Waals surface area contributed by atoms with E-state index < -0.39 is 11.9 Å². The van der Waals surface area contributed by atoms with Crippen LogP contribution in [0, 0.1) is 0 Å². The maximum atomic E-state index is 12.7. The van der Waals surface area contributed by atoms with E-state index in [1.807, 2.05) is 30.3 Å². The molecule has 13 nitrogen and oxygen atoms in total.